The molecule has 25 heavy (non-hydrogen) atoms. The number of sulfonamides is 1. The zero-order valence-electron chi connectivity index (χ0n) is 13.0. The van der Waals surface area contributed by atoms with Gasteiger partial charge in [-0.1, -0.05) is 24.3 Å². The largest absolute Gasteiger partial charge is 0.482 e. The summed E-state index contributed by atoms with van der Waals surface area (Å²) >= 11 is 0. The van der Waals surface area contributed by atoms with Gasteiger partial charge in [0.1, 0.15) is 5.75 Å². The fourth-order valence-electron chi connectivity index (χ4n) is 1.79. The third-order valence-electron chi connectivity index (χ3n) is 2.91. The molecule has 0 saturated heterocycles. The molecule has 2 aromatic carbocycles. The molecule has 8 nitrogen and oxygen atoms in total. The summed E-state index contributed by atoms with van der Waals surface area (Å²) in [5.74, 6) is -0.833. The molecule has 3 N–H and O–H groups in total. The van der Waals surface area contributed by atoms with Crippen molar-refractivity contribution in [1.29, 1.82) is 0 Å². The molecule has 0 aliphatic rings. The van der Waals surface area contributed by atoms with Crippen molar-refractivity contribution < 1.29 is 27.5 Å². The van der Waals surface area contributed by atoms with Crippen LogP contribution in [0.5, 0.6) is 5.75 Å². The van der Waals surface area contributed by atoms with Gasteiger partial charge in [0.05, 0.1) is 4.90 Å². The average Bonchev–Trinajstić information content (AvgIpc) is 2.58. The number of hydrogen-bond donors (Lipinski definition) is 2. The zero-order chi connectivity index (χ0) is 18.3. The summed E-state index contributed by atoms with van der Waals surface area (Å²) in [4.78, 5) is 23.1. The van der Waals surface area contributed by atoms with Crippen molar-refractivity contribution in [2.24, 2.45) is 5.14 Å². The highest BCUT2D eigenvalue weighted by molar-refractivity contribution is 7.89. The van der Waals surface area contributed by atoms with Gasteiger partial charge in [0.25, 0.3) is 5.91 Å². The molecule has 132 valence electrons. The van der Waals surface area contributed by atoms with Crippen molar-refractivity contribution >= 4 is 27.6 Å². The fourth-order valence-corrected chi connectivity index (χ4v) is 2.35. The molecule has 0 radical (unpaired) electrons. The van der Waals surface area contributed by atoms with Gasteiger partial charge in [-0.25, -0.2) is 18.4 Å². The summed E-state index contributed by atoms with van der Waals surface area (Å²) in [5, 5.41) is 7.42. The SMILES string of the molecule is NS(=O)(=O)c1cccc(NC(=O)COC(=O)COc2ccccc2)c1. The summed E-state index contributed by atoms with van der Waals surface area (Å²) < 4.78 is 32.5. The smallest absolute Gasteiger partial charge is 0.344 e. The zero-order valence-corrected chi connectivity index (χ0v) is 13.9. The Morgan fingerprint density at radius 3 is 2.40 bits per heavy atom. The van der Waals surface area contributed by atoms with Crippen molar-refractivity contribution in [2.75, 3.05) is 18.5 Å². The molecule has 0 fully saturated rings. The van der Waals surface area contributed by atoms with Crippen molar-refractivity contribution in [3.63, 3.8) is 0 Å². The van der Waals surface area contributed by atoms with E-state index in [1.807, 2.05) is 0 Å². The summed E-state index contributed by atoms with van der Waals surface area (Å²) in [6.45, 7) is -0.866. The predicted molar refractivity (Wildman–Crippen MR) is 89.3 cm³/mol. The van der Waals surface area contributed by atoms with Crippen molar-refractivity contribution in [3.05, 3.63) is 54.6 Å². The van der Waals surface area contributed by atoms with E-state index >= 15 is 0 Å². The van der Waals surface area contributed by atoms with E-state index in [1.54, 1.807) is 30.3 Å². The highest BCUT2D eigenvalue weighted by Gasteiger charge is 2.11. The minimum atomic E-state index is -3.87. The molecule has 2 rings (SSSR count). The van der Waals surface area contributed by atoms with E-state index < -0.39 is 28.5 Å². The van der Waals surface area contributed by atoms with Gasteiger partial charge in [0, 0.05) is 5.69 Å². The molecule has 2 aromatic rings. The number of carbonyl (C=O) groups is 2. The second kappa shape index (κ2) is 8.27. The number of nitrogens with two attached hydrogens (primary N) is 1. The third kappa shape index (κ3) is 6.24. The Bertz CT molecular complexity index is 852. The van der Waals surface area contributed by atoms with Crippen LogP contribution in [0.25, 0.3) is 0 Å². The first-order valence-electron chi connectivity index (χ1n) is 7.11. The fraction of sp³-hybridized carbons (Fsp3) is 0.125. The van der Waals surface area contributed by atoms with Gasteiger partial charge in [0.15, 0.2) is 13.2 Å². The van der Waals surface area contributed by atoms with Gasteiger partial charge >= 0.3 is 5.97 Å². The molecular formula is C16H16N2O6S. The van der Waals surface area contributed by atoms with Gasteiger partial charge in [-0.2, -0.15) is 0 Å². The van der Waals surface area contributed by atoms with Crippen LogP contribution in [0.2, 0.25) is 0 Å². The molecule has 0 aromatic heterocycles. The Morgan fingerprint density at radius 2 is 1.72 bits per heavy atom. The molecule has 0 saturated carbocycles. The van der Waals surface area contributed by atoms with Crippen LogP contribution in [0.4, 0.5) is 5.69 Å². The standard InChI is InChI=1S/C16H16N2O6S/c17-25(21,22)14-8-4-5-12(9-14)18-15(19)10-24-16(20)11-23-13-6-2-1-3-7-13/h1-9H,10-11H2,(H,18,19)(H2,17,21,22). The second-order valence-electron chi connectivity index (χ2n) is 4.88. The van der Waals surface area contributed by atoms with Gasteiger partial charge in [-0.05, 0) is 30.3 Å². The first-order chi connectivity index (χ1) is 11.8. The van der Waals surface area contributed by atoms with E-state index in [0.29, 0.717) is 5.75 Å². The molecular weight excluding hydrogens is 348 g/mol. The molecule has 0 aliphatic heterocycles. The lowest BCUT2D eigenvalue weighted by atomic mass is 10.3. The van der Waals surface area contributed by atoms with Crippen molar-refractivity contribution in [1.82, 2.24) is 0 Å². The quantitative estimate of drug-likeness (QED) is 0.703. The van der Waals surface area contributed by atoms with Crippen LogP contribution < -0.4 is 15.2 Å². The number of nitrogens with one attached hydrogen (secondary N) is 1. The van der Waals surface area contributed by atoms with E-state index in [-0.39, 0.29) is 17.2 Å². The van der Waals surface area contributed by atoms with Gasteiger partial charge in [-0.3, -0.25) is 4.79 Å². The number of esters is 1. The van der Waals surface area contributed by atoms with Crippen LogP contribution in [0.3, 0.4) is 0 Å². The summed E-state index contributed by atoms with van der Waals surface area (Å²) in [5.41, 5.74) is 0.216. The molecule has 0 spiro atoms. The Balaban J connectivity index is 1.79. The first kappa shape index (κ1) is 18.4. The van der Waals surface area contributed by atoms with Gasteiger partial charge < -0.3 is 14.8 Å². The van der Waals surface area contributed by atoms with Crippen LogP contribution in [-0.4, -0.2) is 33.5 Å². The lowest BCUT2D eigenvalue weighted by Crippen LogP contribution is -2.23. The lowest BCUT2D eigenvalue weighted by Gasteiger charge is -2.08. The number of primary sulfonamides is 1. The Labute approximate surface area is 144 Å². The number of ether oxygens (including phenoxy) is 2. The number of amides is 1. The van der Waals surface area contributed by atoms with E-state index in [1.165, 1.54) is 24.3 Å². The maximum absolute atomic E-state index is 11.7. The minimum Gasteiger partial charge on any atom is -0.482 e. The lowest BCUT2D eigenvalue weighted by molar-refractivity contribution is -0.149. The highest BCUT2D eigenvalue weighted by atomic mass is 32.2. The van der Waals surface area contributed by atoms with Crippen molar-refractivity contribution in [3.8, 4) is 5.75 Å². The molecule has 0 atom stereocenters. The number of rotatable bonds is 7. The first-order valence-corrected chi connectivity index (χ1v) is 8.65. The molecule has 9 heteroatoms. The number of carbonyl (C=O) groups excluding carboxylic acids is 2. The Kier molecular flexibility index (Phi) is 6.09. The molecule has 0 aliphatic carbocycles. The van der Waals surface area contributed by atoms with Crippen LogP contribution in [-0.2, 0) is 24.3 Å². The Hall–Kier alpha value is -2.91. The monoisotopic (exact) mass is 364 g/mol. The van der Waals surface area contributed by atoms with Crippen LogP contribution >= 0.6 is 0 Å². The number of benzene rings is 2. The third-order valence-corrected chi connectivity index (χ3v) is 3.82. The highest BCUT2D eigenvalue weighted by Crippen LogP contribution is 2.14. The summed E-state index contributed by atoms with van der Waals surface area (Å²) in [6.07, 6.45) is 0. The number of anilines is 1. The minimum absolute atomic E-state index is 0.140. The predicted octanol–water partition coefficient (Wildman–Crippen LogP) is 0.895. The molecule has 0 unspecified atom stereocenters. The number of hydrogen-bond acceptors (Lipinski definition) is 6. The maximum atomic E-state index is 11.7. The summed E-state index contributed by atoms with van der Waals surface area (Å²) in [6, 6.07) is 14.1. The molecule has 0 bridgehead atoms. The van der Waals surface area contributed by atoms with Gasteiger partial charge in [-0.15, -0.1) is 0 Å². The maximum Gasteiger partial charge on any atom is 0.344 e. The van der Waals surface area contributed by atoms with Crippen LogP contribution in [0.15, 0.2) is 59.5 Å². The molecule has 1 amide bonds. The van der Waals surface area contributed by atoms with E-state index in [9.17, 15) is 18.0 Å². The van der Waals surface area contributed by atoms with Gasteiger partial charge in [0.2, 0.25) is 10.0 Å². The summed E-state index contributed by atoms with van der Waals surface area (Å²) in [7, 11) is -3.87. The second-order valence-corrected chi connectivity index (χ2v) is 6.44. The van der Waals surface area contributed by atoms with E-state index in [4.69, 9.17) is 14.6 Å². The number of para-hydroxylation sites is 1. The van der Waals surface area contributed by atoms with Crippen LogP contribution in [0.1, 0.15) is 0 Å². The van der Waals surface area contributed by atoms with Crippen molar-refractivity contribution in [2.45, 2.75) is 4.90 Å². The normalized spacial score (nSPS) is 10.8. The topological polar surface area (TPSA) is 125 Å². The molecule has 0 heterocycles. The average molecular weight is 364 g/mol. The van der Waals surface area contributed by atoms with E-state index in [2.05, 4.69) is 5.32 Å². The van der Waals surface area contributed by atoms with Crippen LogP contribution in [0, 0.1) is 0 Å². The van der Waals surface area contributed by atoms with E-state index in [0.717, 1.165) is 0 Å². The Morgan fingerprint density at radius 1 is 1.00 bits per heavy atom.